The molecule has 0 amide bonds. The highest BCUT2D eigenvalue weighted by atomic mass is 16.5. The Morgan fingerprint density at radius 2 is 1.79 bits per heavy atom. The van der Waals surface area contributed by atoms with E-state index in [-0.39, 0.29) is 16.8 Å². The highest BCUT2D eigenvalue weighted by Crippen LogP contribution is 2.51. The molecule has 82 valence electrons. The smallest absolute Gasteiger partial charge is 0.302 e. The topological polar surface area (TPSA) is 26.3 Å². The third-order valence-electron chi connectivity index (χ3n) is 3.70. The van der Waals surface area contributed by atoms with Crippen LogP contribution in [0.5, 0.6) is 0 Å². The van der Waals surface area contributed by atoms with Gasteiger partial charge in [0.1, 0.15) is 0 Å². The molecule has 0 bridgehead atoms. The maximum atomic E-state index is 10.8. The molecule has 1 aliphatic carbocycles. The number of esters is 1. The van der Waals surface area contributed by atoms with E-state index in [9.17, 15) is 4.79 Å². The van der Waals surface area contributed by atoms with Crippen molar-refractivity contribution in [3.05, 3.63) is 0 Å². The first-order valence-electron chi connectivity index (χ1n) is 5.51. The summed E-state index contributed by atoms with van der Waals surface area (Å²) in [6.45, 7) is 8.85. The van der Waals surface area contributed by atoms with E-state index in [0.29, 0.717) is 6.61 Å². The highest BCUT2D eigenvalue weighted by molar-refractivity contribution is 5.65. The van der Waals surface area contributed by atoms with Crippen molar-refractivity contribution in [1.29, 1.82) is 0 Å². The second-order valence-corrected chi connectivity index (χ2v) is 5.52. The fourth-order valence-corrected chi connectivity index (χ4v) is 2.40. The van der Waals surface area contributed by atoms with Gasteiger partial charge in [0.25, 0.3) is 0 Å². The van der Waals surface area contributed by atoms with Gasteiger partial charge in [-0.2, -0.15) is 0 Å². The lowest BCUT2D eigenvalue weighted by atomic mass is 9.66. The van der Waals surface area contributed by atoms with Crippen molar-refractivity contribution >= 4 is 5.97 Å². The molecule has 0 aromatic heterocycles. The van der Waals surface area contributed by atoms with Gasteiger partial charge in [0, 0.05) is 12.3 Å². The van der Waals surface area contributed by atoms with Gasteiger partial charge in [-0.25, -0.2) is 0 Å². The van der Waals surface area contributed by atoms with Crippen molar-refractivity contribution in [3.63, 3.8) is 0 Å². The molecule has 1 fully saturated rings. The monoisotopic (exact) mass is 198 g/mol. The summed E-state index contributed by atoms with van der Waals surface area (Å²) in [5.41, 5.74) is 0.456. The summed E-state index contributed by atoms with van der Waals surface area (Å²) < 4.78 is 5.22. The Morgan fingerprint density at radius 1 is 1.29 bits per heavy atom. The van der Waals surface area contributed by atoms with Crippen LogP contribution in [0.4, 0.5) is 0 Å². The van der Waals surface area contributed by atoms with Crippen molar-refractivity contribution in [2.24, 2.45) is 10.8 Å². The van der Waals surface area contributed by atoms with Gasteiger partial charge < -0.3 is 4.74 Å². The fourth-order valence-electron chi connectivity index (χ4n) is 2.40. The summed E-state index contributed by atoms with van der Waals surface area (Å²) in [4.78, 5) is 10.8. The van der Waals surface area contributed by atoms with E-state index >= 15 is 0 Å². The minimum atomic E-state index is -0.152. The molecule has 1 saturated carbocycles. The van der Waals surface area contributed by atoms with E-state index in [0.717, 1.165) is 0 Å². The first-order valence-corrected chi connectivity index (χ1v) is 5.51. The van der Waals surface area contributed by atoms with Crippen LogP contribution in [-0.4, -0.2) is 12.6 Å². The van der Waals surface area contributed by atoms with Crippen LogP contribution in [0.3, 0.4) is 0 Å². The SMILES string of the molecule is CC(=O)OCC1(C(C)(C)C)CCCC1. The molecule has 0 N–H and O–H groups in total. The van der Waals surface area contributed by atoms with Gasteiger partial charge in [0.05, 0.1) is 6.61 Å². The Balaban J connectivity index is 2.67. The van der Waals surface area contributed by atoms with E-state index < -0.39 is 0 Å². The largest absolute Gasteiger partial charge is 0.465 e. The third-order valence-corrected chi connectivity index (χ3v) is 3.70. The molecule has 2 heteroatoms. The van der Waals surface area contributed by atoms with Crippen molar-refractivity contribution < 1.29 is 9.53 Å². The Kier molecular flexibility index (Phi) is 3.23. The van der Waals surface area contributed by atoms with E-state index in [1.54, 1.807) is 0 Å². The zero-order chi connectivity index (χ0) is 10.8. The highest BCUT2D eigenvalue weighted by Gasteiger charge is 2.44. The third kappa shape index (κ3) is 2.28. The molecule has 0 aromatic rings. The van der Waals surface area contributed by atoms with Crippen LogP contribution in [0.1, 0.15) is 53.4 Å². The van der Waals surface area contributed by atoms with Crippen LogP contribution in [0.25, 0.3) is 0 Å². The van der Waals surface area contributed by atoms with Gasteiger partial charge in [-0.15, -0.1) is 0 Å². The lowest BCUT2D eigenvalue weighted by Gasteiger charge is -2.41. The van der Waals surface area contributed by atoms with E-state index in [1.807, 2.05) is 0 Å². The molecule has 1 rings (SSSR count). The Bertz CT molecular complexity index is 207. The summed E-state index contributed by atoms with van der Waals surface area (Å²) >= 11 is 0. The van der Waals surface area contributed by atoms with Gasteiger partial charge in [-0.3, -0.25) is 4.79 Å². The second-order valence-electron chi connectivity index (χ2n) is 5.52. The zero-order valence-electron chi connectivity index (χ0n) is 9.85. The normalized spacial score (nSPS) is 20.9. The summed E-state index contributed by atoms with van der Waals surface area (Å²) in [5.74, 6) is -0.152. The zero-order valence-corrected chi connectivity index (χ0v) is 9.85. The van der Waals surface area contributed by atoms with Gasteiger partial charge in [0.15, 0.2) is 0 Å². The predicted molar refractivity (Wildman–Crippen MR) is 57.0 cm³/mol. The predicted octanol–water partition coefficient (Wildman–Crippen LogP) is 3.16. The lowest BCUT2D eigenvalue weighted by molar-refractivity contribution is -0.147. The summed E-state index contributed by atoms with van der Waals surface area (Å²) in [6.07, 6.45) is 4.95. The number of hydrogen-bond acceptors (Lipinski definition) is 2. The second kappa shape index (κ2) is 3.92. The molecule has 14 heavy (non-hydrogen) atoms. The molecule has 0 spiro atoms. The van der Waals surface area contributed by atoms with Gasteiger partial charge in [0.2, 0.25) is 0 Å². The van der Waals surface area contributed by atoms with Crippen molar-refractivity contribution in [1.82, 2.24) is 0 Å². The number of carbonyl (C=O) groups excluding carboxylic acids is 1. The lowest BCUT2D eigenvalue weighted by Crippen LogP contribution is -2.38. The van der Waals surface area contributed by atoms with Gasteiger partial charge in [-0.1, -0.05) is 33.6 Å². The molecule has 0 unspecified atom stereocenters. The summed E-state index contributed by atoms with van der Waals surface area (Å²) in [6, 6.07) is 0. The van der Waals surface area contributed by atoms with Crippen LogP contribution in [0, 0.1) is 10.8 Å². The fraction of sp³-hybridized carbons (Fsp3) is 0.917. The van der Waals surface area contributed by atoms with Crippen LogP contribution in [0.2, 0.25) is 0 Å². The first kappa shape index (κ1) is 11.5. The Labute approximate surface area is 87.0 Å². The number of hydrogen-bond donors (Lipinski definition) is 0. The van der Waals surface area contributed by atoms with Gasteiger partial charge >= 0.3 is 5.97 Å². The molecule has 0 aromatic carbocycles. The average Bonchev–Trinajstić information content (AvgIpc) is 2.48. The number of rotatable bonds is 2. The van der Waals surface area contributed by atoms with Crippen LogP contribution >= 0.6 is 0 Å². The number of carbonyl (C=O) groups is 1. The Morgan fingerprint density at radius 3 is 2.14 bits per heavy atom. The van der Waals surface area contributed by atoms with Crippen molar-refractivity contribution in [2.75, 3.05) is 6.61 Å². The maximum absolute atomic E-state index is 10.8. The van der Waals surface area contributed by atoms with Crippen molar-refractivity contribution in [2.45, 2.75) is 53.4 Å². The summed E-state index contributed by atoms with van der Waals surface area (Å²) in [7, 11) is 0. The minimum absolute atomic E-state index is 0.152. The summed E-state index contributed by atoms with van der Waals surface area (Å²) in [5, 5.41) is 0. The van der Waals surface area contributed by atoms with Gasteiger partial charge in [-0.05, 0) is 18.3 Å². The molecule has 0 atom stereocenters. The molecule has 0 saturated heterocycles. The van der Waals surface area contributed by atoms with Crippen molar-refractivity contribution in [3.8, 4) is 0 Å². The Hall–Kier alpha value is -0.530. The molecule has 2 nitrogen and oxygen atoms in total. The molecule has 0 aliphatic heterocycles. The maximum Gasteiger partial charge on any atom is 0.302 e. The first-order chi connectivity index (χ1) is 6.37. The van der Waals surface area contributed by atoms with Crippen LogP contribution < -0.4 is 0 Å². The van der Waals surface area contributed by atoms with E-state index in [1.165, 1.54) is 32.6 Å². The van der Waals surface area contributed by atoms with E-state index in [4.69, 9.17) is 4.74 Å². The van der Waals surface area contributed by atoms with E-state index in [2.05, 4.69) is 20.8 Å². The molecule has 1 aliphatic rings. The standard InChI is InChI=1S/C12H22O2/c1-10(13)14-9-12(11(2,3)4)7-5-6-8-12/h5-9H2,1-4H3. The molecular weight excluding hydrogens is 176 g/mol. The average molecular weight is 198 g/mol. The molecule has 0 heterocycles. The molecule has 0 radical (unpaired) electrons. The van der Waals surface area contributed by atoms with Crippen LogP contribution in [-0.2, 0) is 9.53 Å². The quantitative estimate of drug-likeness (QED) is 0.637. The minimum Gasteiger partial charge on any atom is -0.465 e. The van der Waals surface area contributed by atoms with Crippen LogP contribution in [0.15, 0.2) is 0 Å². The number of ether oxygens (including phenoxy) is 1. The molecular formula is C12H22O2.